The smallest absolute Gasteiger partial charge is 0.285 e. The van der Waals surface area contributed by atoms with Crippen LogP contribution in [0.2, 0.25) is 0 Å². The van der Waals surface area contributed by atoms with Crippen LogP contribution in [0.15, 0.2) is 34.6 Å². The van der Waals surface area contributed by atoms with Gasteiger partial charge in [-0.1, -0.05) is 0 Å². The molecule has 0 fully saturated rings. The predicted molar refractivity (Wildman–Crippen MR) is 79.6 cm³/mol. The van der Waals surface area contributed by atoms with E-state index in [0.29, 0.717) is 12.7 Å². The second-order valence-electron chi connectivity index (χ2n) is 5.29. The van der Waals surface area contributed by atoms with Crippen molar-refractivity contribution in [3.05, 3.63) is 60.7 Å². The van der Waals surface area contributed by atoms with E-state index in [1.54, 1.807) is 11.3 Å². The van der Waals surface area contributed by atoms with Crippen molar-refractivity contribution in [2.75, 3.05) is 6.54 Å². The van der Waals surface area contributed by atoms with Crippen LogP contribution >= 0.6 is 11.3 Å². The topological polar surface area (TPSA) is 69.6 Å². The Hall–Kier alpha value is -1.99. The molecule has 1 aliphatic heterocycles. The summed E-state index contributed by atoms with van der Waals surface area (Å²) in [5, 5.41) is 12.9. The molecular formula is C14H16N3O3S+. The lowest BCUT2D eigenvalue weighted by Crippen LogP contribution is -3.12. The summed E-state index contributed by atoms with van der Waals surface area (Å²) in [5.41, 5.74) is 1.09. The summed E-state index contributed by atoms with van der Waals surface area (Å²) in [6.45, 7) is 3.53. The number of fused-ring (bicyclic) bond motifs is 1. The van der Waals surface area contributed by atoms with Crippen molar-refractivity contribution in [2.45, 2.75) is 26.1 Å². The van der Waals surface area contributed by atoms with Gasteiger partial charge < -0.3 is 4.90 Å². The second kappa shape index (κ2) is 5.42. The third-order valence-electron chi connectivity index (χ3n) is 4.08. The average molecular weight is 306 g/mol. The fourth-order valence-corrected chi connectivity index (χ4v) is 3.81. The summed E-state index contributed by atoms with van der Waals surface area (Å²) in [6.07, 6.45) is 2.33. The fraction of sp³-hybridized carbons (Fsp3) is 0.357. The van der Waals surface area contributed by atoms with Gasteiger partial charge in [-0.25, -0.2) is 0 Å². The van der Waals surface area contributed by atoms with Gasteiger partial charge in [0.25, 0.3) is 11.2 Å². The first-order chi connectivity index (χ1) is 10.1. The van der Waals surface area contributed by atoms with Crippen molar-refractivity contribution in [2.24, 2.45) is 0 Å². The lowest BCUT2D eigenvalue weighted by atomic mass is 10.0. The van der Waals surface area contributed by atoms with Gasteiger partial charge in [-0.05, 0) is 18.4 Å². The number of thiophene rings is 1. The van der Waals surface area contributed by atoms with Crippen LogP contribution in [0.3, 0.4) is 0 Å². The van der Waals surface area contributed by atoms with Crippen LogP contribution in [0.5, 0.6) is 0 Å². The van der Waals surface area contributed by atoms with Gasteiger partial charge in [0.15, 0.2) is 6.67 Å². The van der Waals surface area contributed by atoms with Crippen LogP contribution in [0, 0.1) is 10.1 Å². The molecule has 1 unspecified atom stereocenters. The number of quaternary nitrogens is 1. The highest BCUT2D eigenvalue weighted by atomic mass is 32.1. The summed E-state index contributed by atoms with van der Waals surface area (Å²) in [5.74, 6) is 0. The number of nitrogens with one attached hydrogen (secondary N) is 1. The van der Waals surface area contributed by atoms with E-state index in [1.165, 1.54) is 38.2 Å². The zero-order valence-electron chi connectivity index (χ0n) is 11.6. The maximum absolute atomic E-state index is 11.9. The standard InChI is InChI=1S/C14H15N3O3S/c1-10-12-5-7-21-13(12)4-6-15(10)9-16-8-11(17(19)20)2-3-14(16)18/h2-3,5,7-8,10H,4,6,9H2,1H3/p+1/t10-/m1/s1. The van der Waals surface area contributed by atoms with Gasteiger partial charge in [0.1, 0.15) is 6.04 Å². The number of rotatable bonds is 3. The Bertz CT molecular complexity index is 737. The number of nitrogens with zero attached hydrogens (tertiary/aromatic N) is 2. The van der Waals surface area contributed by atoms with E-state index < -0.39 is 4.92 Å². The lowest BCUT2D eigenvalue weighted by molar-refractivity contribution is -0.953. The molecule has 2 aromatic heterocycles. The summed E-state index contributed by atoms with van der Waals surface area (Å²) in [6, 6.07) is 4.96. The van der Waals surface area contributed by atoms with Gasteiger partial charge in [-0.15, -0.1) is 11.3 Å². The Morgan fingerprint density at radius 3 is 3.05 bits per heavy atom. The first kappa shape index (κ1) is 14.0. The van der Waals surface area contributed by atoms with E-state index in [9.17, 15) is 14.9 Å². The van der Waals surface area contributed by atoms with Crippen LogP contribution < -0.4 is 10.5 Å². The van der Waals surface area contributed by atoms with Gasteiger partial charge in [-0.3, -0.25) is 19.5 Å². The van der Waals surface area contributed by atoms with Crippen molar-refractivity contribution >= 4 is 17.0 Å². The molecule has 2 aromatic rings. The van der Waals surface area contributed by atoms with Crippen molar-refractivity contribution in [1.29, 1.82) is 0 Å². The van der Waals surface area contributed by atoms with Crippen molar-refractivity contribution in [3.63, 3.8) is 0 Å². The first-order valence-electron chi connectivity index (χ1n) is 6.82. The minimum atomic E-state index is -0.470. The Kier molecular flexibility index (Phi) is 3.60. The van der Waals surface area contributed by atoms with Crippen molar-refractivity contribution < 1.29 is 9.82 Å². The van der Waals surface area contributed by atoms with Gasteiger partial charge in [0.05, 0.1) is 17.7 Å². The molecule has 2 atom stereocenters. The number of nitro groups is 1. The molecule has 1 N–H and O–H groups in total. The predicted octanol–water partition coefficient (Wildman–Crippen LogP) is 0.978. The number of aromatic nitrogens is 1. The van der Waals surface area contributed by atoms with Crippen LogP contribution in [0.4, 0.5) is 5.69 Å². The molecule has 7 heteroatoms. The summed E-state index contributed by atoms with van der Waals surface area (Å²) < 4.78 is 1.45. The molecular weight excluding hydrogens is 290 g/mol. The molecule has 0 radical (unpaired) electrons. The molecule has 110 valence electrons. The van der Waals surface area contributed by atoms with E-state index in [4.69, 9.17) is 0 Å². The van der Waals surface area contributed by atoms with E-state index in [2.05, 4.69) is 18.4 Å². The van der Waals surface area contributed by atoms with E-state index in [-0.39, 0.29) is 11.2 Å². The molecule has 0 aromatic carbocycles. The zero-order valence-corrected chi connectivity index (χ0v) is 12.4. The highest BCUT2D eigenvalue weighted by Crippen LogP contribution is 2.24. The van der Waals surface area contributed by atoms with E-state index in [0.717, 1.165) is 13.0 Å². The third-order valence-corrected chi connectivity index (χ3v) is 5.08. The molecule has 0 spiro atoms. The van der Waals surface area contributed by atoms with Gasteiger partial charge in [-0.2, -0.15) is 0 Å². The molecule has 0 bridgehead atoms. The van der Waals surface area contributed by atoms with Crippen LogP contribution in [0.25, 0.3) is 0 Å². The van der Waals surface area contributed by atoms with Gasteiger partial charge in [0, 0.05) is 29.0 Å². The quantitative estimate of drug-likeness (QED) is 0.679. The molecule has 0 aliphatic carbocycles. The maximum atomic E-state index is 11.9. The molecule has 21 heavy (non-hydrogen) atoms. The van der Waals surface area contributed by atoms with Crippen LogP contribution in [0.1, 0.15) is 23.4 Å². The Balaban J connectivity index is 1.86. The highest BCUT2D eigenvalue weighted by Gasteiger charge is 2.28. The average Bonchev–Trinajstić information content (AvgIpc) is 2.93. The molecule has 0 saturated heterocycles. The van der Waals surface area contributed by atoms with Crippen molar-refractivity contribution in [3.8, 4) is 0 Å². The number of hydrogen-bond donors (Lipinski definition) is 1. The molecule has 6 nitrogen and oxygen atoms in total. The maximum Gasteiger partial charge on any atom is 0.285 e. The normalized spacial score (nSPS) is 21.0. The third kappa shape index (κ3) is 2.62. The number of pyridine rings is 1. The Morgan fingerprint density at radius 2 is 2.29 bits per heavy atom. The van der Waals surface area contributed by atoms with E-state index >= 15 is 0 Å². The van der Waals surface area contributed by atoms with Gasteiger partial charge >= 0.3 is 0 Å². The number of hydrogen-bond acceptors (Lipinski definition) is 4. The fourth-order valence-electron chi connectivity index (χ4n) is 2.84. The van der Waals surface area contributed by atoms with Crippen molar-refractivity contribution in [1.82, 2.24) is 4.57 Å². The highest BCUT2D eigenvalue weighted by molar-refractivity contribution is 7.10. The largest absolute Gasteiger partial charge is 0.311 e. The molecule has 0 amide bonds. The van der Waals surface area contributed by atoms with Crippen LogP contribution in [-0.2, 0) is 13.1 Å². The molecule has 0 saturated carbocycles. The first-order valence-corrected chi connectivity index (χ1v) is 7.70. The van der Waals surface area contributed by atoms with Gasteiger partial charge in [0.2, 0.25) is 0 Å². The van der Waals surface area contributed by atoms with E-state index in [1.807, 2.05) is 0 Å². The SMILES string of the molecule is C[C@@H]1c2ccsc2CC[NH+]1Cn1cc([N+](=O)[O-])ccc1=O. The Labute approximate surface area is 125 Å². The minimum Gasteiger partial charge on any atom is -0.311 e. The molecule has 3 heterocycles. The van der Waals surface area contributed by atoms with Crippen LogP contribution in [-0.4, -0.2) is 16.0 Å². The molecule has 1 aliphatic rings. The summed E-state index contributed by atoms with van der Waals surface area (Å²) >= 11 is 1.78. The summed E-state index contributed by atoms with van der Waals surface area (Å²) in [4.78, 5) is 24.9. The minimum absolute atomic E-state index is 0.0464. The second-order valence-corrected chi connectivity index (χ2v) is 6.29. The zero-order chi connectivity index (χ0) is 15.0. The summed E-state index contributed by atoms with van der Waals surface area (Å²) in [7, 11) is 0. The lowest BCUT2D eigenvalue weighted by Gasteiger charge is -2.30. The monoisotopic (exact) mass is 306 g/mol. The molecule has 3 rings (SSSR count). The Morgan fingerprint density at radius 1 is 1.48 bits per heavy atom.